The Balaban J connectivity index is 1.39. The van der Waals surface area contributed by atoms with Crippen LogP contribution in [0.1, 0.15) is 119 Å². The number of ether oxygens (including phenoxy) is 2. The Morgan fingerprint density at radius 1 is 0.780 bits per heavy atom. The molecule has 1 atom stereocenters. The molecule has 224 valence electrons. The van der Waals surface area contributed by atoms with Gasteiger partial charge in [-0.05, 0) is 36.8 Å². The highest BCUT2D eigenvalue weighted by molar-refractivity contribution is 6.38. The van der Waals surface area contributed by atoms with E-state index >= 15 is 0 Å². The van der Waals surface area contributed by atoms with Gasteiger partial charge in [0.1, 0.15) is 0 Å². The number of amides is 2. The van der Waals surface area contributed by atoms with Crippen LogP contribution in [0.5, 0.6) is 0 Å². The van der Waals surface area contributed by atoms with Gasteiger partial charge >= 0.3 is 12.1 Å². The molecule has 2 aromatic carbocycles. The van der Waals surface area contributed by atoms with Crippen molar-refractivity contribution in [2.24, 2.45) is 0 Å². The second-order valence-corrected chi connectivity index (χ2v) is 11.7. The largest absolute Gasteiger partial charge is 0.462 e. The van der Waals surface area contributed by atoms with Gasteiger partial charge in [0.15, 0.2) is 0 Å². The van der Waals surface area contributed by atoms with Crippen LogP contribution in [0.25, 0.3) is 0 Å². The number of anilines is 1. The molecule has 1 heterocycles. The fourth-order valence-corrected chi connectivity index (χ4v) is 5.73. The molecule has 2 aromatic rings. The van der Waals surface area contributed by atoms with E-state index < -0.39 is 24.1 Å². The maximum atomic E-state index is 13.2. The molecule has 41 heavy (non-hydrogen) atoms. The Labute approximate surface area is 258 Å². The van der Waals surface area contributed by atoms with Crippen LogP contribution in [0.15, 0.2) is 36.4 Å². The lowest BCUT2D eigenvalue weighted by molar-refractivity contribution is -0.122. The van der Waals surface area contributed by atoms with Crippen LogP contribution < -0.4 is 4.90 Å². The van der Waals surface area contributed by atoms with Crippen molar-refractivity contribution in [3.8, 4) is 0 Å². The van der Waals surface area contributed by atoms with E-state index in [4.69, 9.17) is 44.3 Å². The van der Waals surface area contributed by atoms with Crippen molar-refractivity contribution in [1.29, 1.82) is 0 Å². The SMILES string of the molecule is CCCCCCCCCCCCCCCCOC(=O)c1ccc(Cl)c(N2C(=O)OC(c3c(Cl)cccc3Cl)C2=O)c1. The molecular formula is C32H40Cl3NO5. The highest BCUT2D eigenvalue weighted by Crippen LogP contribution is 2.40. The van der Waals surface area contributed by atoms with Crippen molar-refractivity contribution in [2.45, 2.75) is 103 Å². The van der Waals surface area contributed by atoms with E-state index in [1.54, 1.807) is 18.2 Å². The summed E-state index contributed by atoms with van der Waals surface area (Å²) in [5.74, 6) is -1.26. The minimum Gasteiger partial charge on any atom is -0.462 e. The van der Waals surface area contributed by atoms with Gasteiger partial charge in [0, 0.05) is 15.6 Å². The summed E-state index contributed by atoms with van der Waals surface area (Å²) >= 11 is 18.7. The lowest BCUT2D eigenvalue weighted by Gasteiger charge is -2.15. The number of esters is 1. The van der Waals surface area contributed by atoms with Crippen LogP contribution in [0, 0.1) is 0 Å². The number of unbranched alkanes of at least 4 members (excludes halogenated alkanes) is 13. The highest BCUT2D eigenvalue weighted by Gasteiger charge is 2.45. The van der Waals surface area contributed by atoms with Gasteiger partial charge in [0.2, 0.25) is 6.10 Å². The summed E-state index contributed by atoms with van der Waals surface area (Å²) in [6, 6.07) is 9.01. The molecule has 1 fully saturated rings. The number of carbonyl (C=O) groups excluding carboxylic acids is 3. The summed E-state index contributed by atoms with van der Waals surface area (Å²) in [5, 5.41) is 0.486. The smallest absolute Gasteiger partial charge is 0.422 e. The molecule has 0 saturated carbocycles. The molecule has 2 amide bonds. The van der Waals surface area contributed by atoms with Gasteiger partial charge in [0.05, 0.1) is 22.9 Å². The summed E-state index contributed by atoms with van der Waals surface area (Å²) in [4.78, 5) is 39.3. The minimum absolute atomic E-state index is 0.0262. The summed E-state index contributed by atoms with van der Waals surface area (Å²) < 4.78 is 10.7. The molecule has 0 radical (unpaired) electrons. The molecule has 1 aliphatic heterocycles. The van der Waals surface area contributed by atoms with Gasteiger partial charge in [-0.3, -0.25) is 4.79 Å². The average Bonchev–Trinajstić information content (AvgIpc) is 3.23. The number of carbonyl (C=O) groups is 3. The quantitative estimate of drug-likeness (QED) is 0.122. The van der Waals surface area contributed by atoms with Crippen molar-refractivity contribution in [3.05, 3.63) is 62.6 Å². The molecular weight excluding hydrogens is 585 g/mol. The number of halogens is 3. The third-order valence-electron chi connectivity index (χ3n) is 7.26. The minimum atomic E-state index is -1.32. The topological polar surface area (TPSA) is 72.9 Å². The van der Waals surface area contributed by atoms with Crippen LogP contribution in [0.4, 0.5) is 10.5 Å². The Bertz CT molecular complexity index is 1150. The Kier molecular flexibility index (Phi) is 14.3. The number of hydrogen-bond donors (Lipinski definition) is 0. The normalized spacial score (nSPS) is 14.9. The first-order valence-electron chi connectivity index (χ1n) is 14.8. The Hall–Kier alpha value is -2.28. The van der Waals surface area contributed by atoms with Gasteiger partial charge in [-0.15, -0.1) is 0 Å². The number of rotatable bonds is 18. The molecule has 0 spiro atoms. The number of hydrogen-bond acceptors (Lipinski definition) is 5. The molecule has 1 unspecified atom stereocenters. The molecule has 0 N–H and O–H groups in total. The number of nitrogens with zero attached hydrogens (tertiary/aromatic N) is 1. The predicted octanol–water partition coefficient (Wildman–Crippen LogP) is 10.5. The summed E-state index contributed by atoms with van der Waals surface area (Å²) in [6.45, 7) is 2.55. The molecule has 6 nitrogen and oxygen atoms in total. The monoisotopic (exact) mass is 623 g/mol. The van der Waals surface area contributed by atoms with Crippen LogP contribution >= 0.6 is 34.8 Å². The average molecular weight is 625 g/mol. The van der Waals surface area contributed by atoms with E-state index in [0.717, 1.165) is 24.2 Å². The number of benzene rings is 2. The molecule has 1 aliphatic rings. The first-order chi connectivity index (χ1) is 19.8. The molecule has 0 aromatic heterocycles. The van der Waals surface area contributed by atoms with Crippen LogP contribution in [0.2, 0.25) is 15.1 Å². The van der Waals surface area contributed by atoms with Crippen LogP contribution in [-0.2, 0) is 14.3 Å². The van der Waals surface area contributed by atoms with E-state index in [9.17, 15) is 14.4 Å². The van der Waals surface area contributed by atoms with Gasteiger partial charge < -0.3 is 9.47 Å². The number of imide groups is 1. The zero-order chi connectivity index (χ0) is 29.6. The summed E-state index contributed by atoms with van der Waals surface area (Å²) in [6.07, 6.45) is 15.2. The van der Waals surface area contributed by atoms with E-state index in [1.807, 2.05) is 0 Å². The van der Waals surface area contributed by atoms with Crippen LogP contribution in [-0.4, -0.2) is 24.6 Å². The first kappa shape index (κ1) is 33.2. The van der Waals surface area contributed by atoms with Crippen molar-refractivity contribution in [2.75, 3.05) is 11.5 Å². The second kappa shape index (κ2) is 17.6. The van der Waals surface area contributed by atoms with Gasteiger partial charge in [-0.1, -0.05) is 131 Å². The standard InChI is InChI=1S/C32H40Cl3NO5/c1-2-3-4-5-6-7-8-9-10-11-12-13-14-15-21-40-31(38)23-19-20-24(33)27(22-23)36-30(37)29(41-32(36)39)28-25(34)17-16-18-26(28)35/h16-20,22,29H,2-15,21H2,1H3. The molecule has 0 aliphatic carbocycles. The lowest BCUT2D eigenvalue weighted by atomic mass is 10.0. The lowest BCUT2D eigenvalue weighted by Crippen LogP contribution is -2.30. The van der Waals surface area contributed by atoms with Crippen molar-refractivity contribution in [3.63, 3.8) is 0 Å². The fraction of sp³-hybridized carbons (Fsp3) is 0.531. The first-order valence-corrected chi connectivity index (χ1v) is 15.9. The fourth-order valence-electron chi connectivity index (χ4n) is 4.93. The maximum absolute atomic E-state index is 13.2. The zero-order valence-electron chi connectivity index (χ0n) is 23.8. The summed E-state index contributed by atoms with van der Waals surface area (Å²) in [5.41, 5.74) is 0.393. The van der Waals surface area contributed by atoms with Gasteiger partial charge in [0.25, 0.3) is 5.91 Å². The Morgan fingerprint density at radius 2 is 1.32 bits per heavy atom. The third-order valence-corrected chi connectivity index (χ3v) is 8.24. The van der Waals surface area contributed by atoms with Crippen molar-refractivity contribution < 1.29 is 23.9 Å². The Morgan fingerprint density at radius 3 is 1.88 bits per heavy atom. The van der Waals surface area contributed by atoms with E-state index in [1.165, 1.54) is 88.8 Å². The zero-order valence-corrected chi connectivity index (χ0v) is 26.0. The summed E-state index contributed by atoms with van der Waals surface area (Å²) in [7, 11) is 0. The van der Waals surface area contributed by atoms with Crippen LogP contribution in [0.3, 0.4) is 0 Å². The number of cyclic esters (lactones) is 1. The highest BCUT2D eigenvalue weighted by atomic mass is 35.5. The van der Waals surface area contributed by atoms with Gasteiger partial charge in [-0.2, -0.15) is 0 Å². The molecule has 0 bridgehead atoms. The van der Waals surface area contributed by atoms with Crippen molar-refractivity contribution in [1.82, 2.24) is 0 Å². The van der Waals surface area contributed by atoms with E-state index in [0.29, 0.717) is 6.61 Å². The predicted molar refractivity (Wildman–Crippen MR) is 165 cm³/mol. The van der Waals surface area contributed by atoms with E-state index in [2.05, 4.69) is 6.92 Å². The molecule has 3 rings (SSSR count). The van der Waals surface area contributed by atoms with Gasteiger partial charge in [-0.25, -0.2) is 14.5 Å². The second-order valence-electron chi connectivity index (χ2n) is 10.5. The maximum Gasteiger partial charge on any atom is 0.422 e. The third kappa shape index (κ3) is 9.90. The van der Waals surface area contributed by atoms with E-state index in [-0.39, 0.29) is 31.9 Å². The molecule has 9 heteroatoms. The molecule has 1 saturated heterocycles. The van der Waals surface area contributed by atoms with Crippen molar-refractivity contribution >= 4 is 58.5 Å².